The van der Waals surface area contributed by atoms with Crippen molar-refractivity contribution >= 4 is 0 Å². The first-order chi connectivity index (χ1) is 20.3. The minimum absolute atomic E-state index is 1.05. The van der Waals surface area contributed by atoms with Crippen LogP contribution in [-0.4, -0.2) is 4.57 Å². The highest BCUT2D eigenvalue weighted by Crippen LogP contribution is 2.15. The van der Waals surface area contributed by atoms with Gasteiger partial charge in [-0.2, -0.15) is 0 Å². The molecule has 0 radical (unpaired) electrons. The molecular formula is C39H69N2+. The predicted octanol–water partition coefficient (Wildman–Crippen LogP) is 12.2. The van der Waals surface area contributed by atoms with Crippen LogP contribution in [0.1, 0.15) is 186 Å². The number of aryl methyl sites for hydroxylation is 2. The molecule has 1 aromatic carbocycles. The Labute approximate surface area is 256 Å². The van der Waals surface area contributed by atoms with Gasteiger partial charge in [0.05, 0.1) is 19.5 Å². The van der Waals surface area contributed by atoms with Crippen molar-refractivity contribution in [3.05, 3.63) is 54.1 Å². The Balaban J connectivity index is 1.59. The van der Waals surface area contributed by atoms with Crippen molar-refractivity contribution in [2.75, 3.05) is 0 Å². The second-order valence-corrected chi connectivity index (χ2v) is 12.9. The number of unbranched alkanes of at least 4 members (excludes halogenated alkanes) is 23. The molecule has 0 aliphatic rings. The van der Waals surface area contributed by atoms with E-state index in [2.05, 4.69) is 65.7 Å². The van der Waals surface area contributed by atoms with Crippen LogP contribution in [0.4, 0.5) is 0 Å². The van der Waals surface area contributed by atoms with Crippen LogP contribution in [0.25, 0.3) is 0 Å². The van der Waals surface area contributed by atoms with Gasteiger partial charge in [0, 0.05) is 0 Å². The zero-order chi connectivity index (χ0) is 29.1. The van der Waals surface area contributed by atoms with Crippen LogP contribution in [0.5, 0.6) is 0 Å². The summed E-state index contributed by atoms with van der Waals surface area (Å²) in [6.07, 6.45) is 41.3. The van der Waals surface area contributed by atoms with Crippen molar-refractivity contribution in [1.29, 1.82) is 0 Å². The third kappa shape index (κ3) is 18.6. The number of hydrogen-bond acceptors (Lipinski definition) is 0. The van der Waals surface area contributed by atoms with Crippen molar-refractivity contribution < 1.29 is 4.57 Å². The summed E-state index contributed by atoms with van der Waals surface area (Å²) >= 11 is 0. The van der Waals surface area contributed by atoms with Crippen LogP contribution in [0, 0.1) is 0 Å². The van der Waals surface area contributed by atoms with E-state index in [1.165, 1.54) is 185 Å². The quantitative estimate of drug-likeness (QED) is 0.0685. The molecule has 0 saturated heterocycles. The molecule has 0 spiro atoms. The van der Waals surface area contributed by atoms with E-state index in [1.807, 2.05) is 0 Å². The lowest BCUT2D eigenvalue weighted by molar-refractivity contribution is -0.703. The molecule has 0 atom stereocenters. The van der Waals surface area contributed by atoms with E-state index in [4.69, 9.17) is 0 Å². The average Bonchev–Trinajstić information content (AvgIpc) is 3.37. The Morgan fingerprint density at radius 2 is 0.902 bits per heavy atom. The van der Waals surface area contributed by atoms with Gasteiger partial charge < -0.3 is 0 Å². The van der Waals surface area contributed by atoms with Crippen LogP contribution >= 0.6 is 0 Å². The second kappa shape index (κ2) is 26.1. The number of benzene rings is 1. The summed E-state index contributed by atoms with van der Waals surface area (Å²) in [7, 11) is 0. The van der Waals surface area contributed by atoms with E-state index in [-0.39, 0.29) is 0 Å². The van der Waals surface area contributed by atoms with Crippen molar-refractivity contribution in [2.24, 2.45) is 0 Å². The van der Waals surface area contributed by atoms with Gasteiger partial charge in [0.25, 0.3) is 5.82 Å². The topological polar surface area (TPSA) is 8.81 Å². The van der Waals surface area contributed by atoms with Gasteiger partial charge in [0.1, 0.15) is 12.4 Å². The number of nitrogens with zero attached hydrogens (tertiary/aromatic N) is 2. The number of rotatable bonds is 29. The van der Waals surface area contributed by atoms with Crippen molar-refractivity contribution in [3.8, 4) is 0 Å². The molecule has 2 rings (SSSR count). The molecule has 41 heavy (non-hydrogen) atoms. The van der Waals surface area contributed by atoms with Gasteiger partial charge in [0.15, 0.2) is 0 Å². The van der Waals surface area contributed by atoms with Crippen LogP contribution in [0.3, 0.4) is 0 Å². The molecule has 0 N–H and O–H groups in total. The molecular weight excluding hydrogens is 496 g/mol. The highest BCUT2D eigenvalue weighted by atomic mass is 15.1. The summed E-state index contributed by atoms with van der Waals surface area (Å²) < 4.78 is 5.12. The molecule has 0 bridgehead atoms. The molecule has 234 valence electrons. The molecule has 0 unspecified atom stereocenters. The average molecular weight is 566 g/mol. The number of hydrogen-bond donors (Lipinski definition) is 0. The minimum atomic E-state index is 1.05. The molecule has 0 saturated carbocycles. The zero-order valence-corrected chi connectivity index (χ0v) is 27.7. The third-order valence-corrected chi connectivity index (χ3v) is 9.05. The fourth-order valence-electron chi connectivity index (χ4n) is 6.31. The largest absolute Gasteiger partial charge is 0.260 e. The van der Waals surface area contributed by atoms with E-state index in [9.17, 15) is 0 Å². The molecule has 1 heterocycles. The maximum absolute atomic E-state index is 2.56. The van der Waals surface area contributed by atoms with Gasteiger partial charge in [-0.15, -0.1) is 0 Å². The maximum atomic E-state index is 2.56. The van der Waals surface area contributed by atoms with E-state index >= 15 is 0 Å². The summed E-state index contributed by atoms with van der Waals surface area (Å²) in [6, 6.07) is 11.1. The van der Waals surface area contributed by atoms with Crippen LogP contribution in [0.2, 0.25) is 0 Å². The number of aromatic nitrogens is 2. The molecule has 0 fully saturated rings. The third-order valence-electron chi connectivity index (χ3n) is 9.05. The summed E-state index contributed by atoms with van der Waals surface area (Å²) in [5.41, 5.74) is 1.43. The molecule has 0 aliphatic carbocycles. The van der Waals surface area contributed by atoms with Crippen molar-refractivity contribution in [1.82, 2.24) is 4.57 Å². The standard InChI is InChI=1S/C39H69N2/c1-3-5-7-9-11-13-15-16-17-18-19-21-23-25-30-34-41-36-35-40(39(41)37-38-31-27-26-28-32-38)33-29-24-22-20-14-12-10-8-6-4-2/h26-28,31-32,35-36H,3-25,29-30,33-34,37H2,1-2H3/q+1. The molecule has 0 amide bonds. The molecule has 2 aromatic rings. The lowest BCUT2D eigenvalue weighted by Crippen LogP contribution is -2.37. The highest BCUT2D eigenvalue weighted by molar-refractivity contribution is 5.18. The lowest BCUT2D eigenvalue weighted by atomic mass is 10.0. The smallest absolute Gasteiger partial charge is 0.234 e. The maximum Gasteiger partial charge on any atom is 0.260 e. The van der Waals surface area contributed by atoms with Crippen LogP contribution in [0.15, 0.2) is 42.7 Å². The predicted molar refractivity (Wildman–Crippen MR) is 181 cm³/mol. The Kier molecular flexibility index (Phi) is 22.7. The van der Waals surface area contributed by atoms with Gasteiger partial charge in [0.2, 0.25) is 0 Å². The molecule has 2 heteroatoms. The Morgan fingerprint density at radius 3 is 1.37 bits per heavy atom. The summed E-state index contributed by atoms with van der Waals surface area (Å²) in [5, 5.41) is 0. The van der Waals surface area contributed by atoms with Gasteiger partial charge in [-0.3, -0.25) is 0 Å². The first kappa shape index (κ1) is 35.6. The van der Waals surface area contributed by atoms with Crippen molar-refractivity contribution in [3.63, 3.8) is 0 Å². The lowest BCUT2D eigenvalue weighted by Gasteiger charge is -2.07. The first-order valence-electron chi connectivity index (χ1n) is 18.5. The van der Waals surface area contributed by atoms with E-state index < -0.39 is 0 Å². The Hall–Kier alpha value is -1.57. The van der Waals surface area contributed by atoms with Gasteiger partial charge in [-0.1, -0.05) is 179 Å². The first-order valence-corrected chi connectivity index (χ1v) is 18.5. The SMILES string of the molecule is CCCCCCCCCCCCCCCCC[n+]1ccn(CCCCCCCCCCCC)c1Cc1ccccc1. The van der Waals surface area contributed by atoms with Crippen LogP contribution in [-0.2, 0) is 19.5 Å². The molecule has 0 aliphatic heterocycles. The monoisotopic (exact) mass is 566 g/mol. The summed E-state index contributed by atoms with van der Waals surface area (Å²) in [4.78, 5) is 0. The fourth-order valence-corrected chi connectivity index (χ4v) is 6.31. The minimum Gasteiger partial charge on any atom is -0.234 e. The van der Waals surface area contributed by atoms with E-state index in [0.29, 0.717) is 0 Å². The molecule has 2 nitrogen and oxygen atoms in total. The van der Waals surface area contributed by atoms with Gasteiger partial charge >= 0.3 is 0 Å². The van der Waals surface area contributed by atoms with Gasteiger partial charge in [-0.05, 0) is 31.2 Å². The Morgan fingerprint density at radius 1 is 0.488 bits per heavy atom. The summed E-state index contributed by atoms with van der Waals surface area (Å²) in [6.45, 7) is 6.95. The van der Waals surface area contributed by atoms with Crippen molar-refractivity contribution in [2.45, 2.75) is 194 Å². The zero-order valence-electron chi connectivity index (χ0n) is 27.7. The summed E-state index contributed by atoms with van der Waals surface area (Å²) in [5.74, 6) is 1.50. The van der Waals surface area contributed by atoms with E-state index in [1.54, 1.807) is 0 Å². The Bertz CT molecular complexity index is 808. The van der Waals surface area contributed by atoms with E-state index in [0.717, 1.165) is 6.42 Å². The second-order valence-electron chi connectivity index (χ2n) is 12.9. The number of imidazole rings is 1. The fraction of sp³-hybridized carbons (Fsp3) is 0.769. The van der Waals surface area contributed by atoms with Gasteiger partial charge in [-0.25, -0.2) is 9.13 Å². The highest BCUT2D eigenvalue weighted by Gasteiger charge is 2.17. The van der Waals surface area contributed by atoms with Crippen LogP contribution < -0.4 is 4.57 Å². The normalized spacial score (nSPS) is 11.5. The molecule has 1 aromatic heterocycles.